The molecule has 0 bridgehead atoms. The fourth-order valence-corrected chi connectivity index (χ4v) is 1.18. The highest BCUT2D eigenvalue weighted by Crippen LogP contribution is 2.07. The third-order valence-electron chi connectivity index (χ3n) is 1.58. The van der Waals surface area contributed by atoms with Gasteiger partial charge in [-0.25, -0.2) is 9.78 Å². The van der Waals surface area contributed by atoms with Crippen LogP contribution >= 0.6 is 15.9 Å². The molecule has 0 aliphatic heterocycles. The van der Waals surface area contributed by atoms with Crippen LogP contribution in [0.4, 0.5) is 0 Å². The molecule has 4 nitrogen and oxygen atoms in total. The highest BCUT2D eigenvalue weighted by molar-refractivity contribution is 9.09. The van der Waals surface area contributed by atoms with Crippen molar-refractivity contribution in [1.29, 1.82) is 0 Å². The Balaban J connectivity index is 2.55. The topological polar surface area (TPSA) is 58.9 Å². The molecule has 0 aliphatic carbocycles. The minimum absolute atomic E-state index is 0.427. The quantitative estimate of drug-likeness (QED) is 0.568. The predicted molar refractivity (Wildman–Crippen MR) is 55.3 cm³/mol. The second kappa shape index (κ2) is 3.68. The lowest BCUT2D eigenvalue weighted by Crippen LogP contribution is -1.93. The average Bonchev–Trinajstić information content (AvgIpc) is 2.54. The van der Waals surface area contributed by atoms with Crippen LogP contribution in [0.5, 0.6) is 0 Å². The average molecular weight is 253 g/mol. The first kappa shape index (κ1) is 9.03. The number of aromatic amines is 1. The molecule has 1 N–H and O–H groups in total. The molecule has 0 fully saturated rings. The van der Waals surface area contributed by atoms with Crippen molar-refractivity contribution in [2.24, 2.45) is 0 Å². The van der Waals surface area contributed by atoms with Crippen molar-refractivity contribution < 1.29 is 4.42 Å². The summed E-state index contributed by atoms with van der Waals surface area (Å²) in [6.45, 7) is 0. The summed E-state index contributed by atoms with van der Waals surface area (Å²) in [7, 11) is 0. The number of hydrogen-bond donors (Lipinski definition) is 1. The zero-order valence-corrected chi connectivity index (χ0v) is 8.59. The Morgan fingerprint density at radius 3 is 3.29 bits per heavy atom. The Morgan fingerprint density at radius 2 is 2.50 bits per heavy atom. The monoisotopic (exact) mass is 252 g/mol. The summed E-state index contributed by atoms with van der Waals surface area (Å²) in [5, 5.41) is 0.599. The zero-order chi connectivity index (χ0) is 9.97. The van der Waals surface area contributed by atoms with Crippen molar-refractivity contribution in [3.8, 4) is 11.8 Å². The van der Waals surface area contributed by atoms with Crippen LogP contribution in [0, 0.1) is 11.8 Å². The van der Waals surface area contributed by atoms with Gasteiger partial charge in [0.2, 0.25) is 0 Å². The van der Waals surface area contributed by atoms with Gasteiger partial charge in [-0.1, -0.05) is 27.8 Å². The van der Waals surface area contributed by atoms with Crippen molar-refractivity contribution in [1.82, 2.24) is 9.97 Å². The van der Waals surface area contributed by atoms with E-state index in [1.807, 2.05) is 0 Å². The van der Waals surface area contributed by atoms with E-state index in [-0.39, 0.29) is 0 Å². The fraction of sp³-hybridized carbons (Fsp3) is 0.111. The molecule has 70 valence electrons. The van der Waals surface area contributed by atoms with Crippen molar-refractivity contribution in [2.75, 3.05) is 5.33 Å². The maximum absolute atomic E-state index is 10.8. The Kier molecular flexibility index (Phi) is 2.37. The number of aromatic nitrogens is 2. The van der Waals surface area contributed by atoms with E-state index in [9.17, 15) is 4.79 Å². The van der Waals surface area contributed by atoms with E-state index < -0.39 is 5.76 Å². The molecule has 0 radical (unpaired) electrons. The first-order chi connectivity index (χ1) is 6.79. The largest absolute Gasteiger partial charge is 0.418 e. The first-order valence-corrected chi connectivity index (χ1v) is 4.95. The molecule has 5 heteroatoms. The van der Waals surface area contributed by atoms with Crippen molar-refractivity contribution >= 4 is 27.2 Å². The van der Waals surface area contributed by atoms with Gasteiger partial charge in [0, 0.05) is 17.8 Å². The van der Waals surface area contributed by atoms with Crippen LogP contribution in [0.15, 0.2) is 21.5 Å². The van der Waals surface area contributed by atoms with E-state index in [0.29, 0.717) is 16.6 Å². The number of alkyl halides is 1. The van der Waals surface area contributed by atoms with E-state index in [1.54, 1.807) is 12.3 Å². The van der Waals surface area contributed by atoms with Gasteiger partial charge in [0.25, 0.3) is 0 Å². The van der Waals surface area contributed by atoms with Crippen LogP contribution in [0.2, 0.25) is 0 Å². The number of H-pyrrole nitrogens is 1. The summed E-state index contributed by atoms with van der Waals surface area (Å²) >= 11 is 3.19. The van der Waals surface area contributed by atoms with Crippen LogP contribution in [0.25, 0.3) is 11.2 Å². The summed E-state index contributed by atoms with van der Waals surface area (Å²) in [4.78, 5) is 17.2. The predicted octanol–water partition coefficient (Wildman–Crippen LogP) is 1.26. The van der Waals surface area contributed by atoms with Crippen molar-refractivity contribution in [3.63, 3.8) is 0 Å². The summed E-state index contributed by atoms with van der Waals surface area (Å²) < 4.78 is 4.84. The summed E-state index contributed by atoms with van der Waals surface area (Å²) in [6, 6.07) is 1.68. The normalized spacial score (nSPS) is 9.79. The molecule has 0 amide bonds. The number of fused-ring (bicyclic) bond motifs is 1. The number of nitrogens with zero attached hydrogens (tertiary/aromatic N) is 1. The molecule has 0 aromatic carbocycles. The van der Waals surface area contributed by atoms with E-state index in [2.05, 4.69) is 37.7 Å². The molecular formula is C9H5BrN2O2. The van der Waals surface area contributed by atoms with Crippen LogP contribution in [0.1, 0.15) is 5.56 Å². The third-order valence-corrected chi connectivity index (χ3v) is 1.86. The number of nitrogens with one attached hydrogen (secondary N) is 1. The molecule has 2 aromatic heterocycles. The van der Waals surface area contributed by atoms with Crippen LogP contribution in [-0.2, 0) is 0 Å². The van der Waals surface area contributed by atoms with E-state index in [4.69, 9.17) is 4.42 Å². The van der Waals surface area contributed by atoms with Gasteiger partial charge < -0.3 is 4.42 Å². The third kappa shape index (κ3) is 1.70. The Hall–Kier alpha value is -1.54. The maximum Gasteiger partial charge on any atom is 0.418 e. The smallest absolute Gasteiger partial charge is 0.406 e. The highest BCUT2D eigenvalue weighted by Gasteiger charge is 2.01. The molecule has 0 spiro atoms. The molecule has 0 unspecified atom stereocenters. The standard InChI is InChI=1S/C9H5BrN2O2/c10-3-1-2-6-4-7-8(11-5-6)12-9(13)14-7/h4-5H,3H2,(H,11,12,13). The number of hydrogen-bond acceptors (Lipinski definition) is 3. The highest BCUT2D eigenvalue weighted by atomic mass is 79.9. The molecule has 0 aliphatic rings. The molecule has 2 heterocycles. The summed E-state index contributed by atoms with van der Waals surface area (Å²) in [5.74, 6) is 5.19. The number of pyridine rings is 1. The minimum atomic E-state index is -0.502. The molecule has 0 atom stereocenters. The van der Waals surface area contributed by atoms with Gasteiger partial charge >= 0.3 is 5.76 Å². The molecular weight excluding hydrogens is 248 g/mol. The van der Waals surface area contributed by atoms with Crippen molar-refractivity contribution in [2.45, 2.75) is 0 Å². The molecule has 2 rings (SSSR count). The first-order valence-electron chi connectivity index (χ1n) is 3.83. The summed E-state index contributed by atoms with van der Waals surface area (Å²) in [6.07, 6.45) is 1.59. The van der Waals surface area contributed by atoms with E-state index in [0.717, 1.165) is 5.56 Å². The molecule has 0 saturated heterocycles. The van der Waals surface area contributed by atoms with E-state index in [1.165, 1.54) is 0 Å². The van der Waals surface area contributed by atoms with E-state index >= 15 is 0 Å². The van der Waals surface area contributed by atoms with Gasteiger partial charge in [-0.15, -0.1) is 0 Å². The van der Waals surface area contributed by atoms with Gasteiger partial charge in [-0.3, -0.25) is 4.98 Å². The van der Waals surface area contributed by atoms with Crippen molar-refractivity contribution in [3.05, 3.63) is 28.4 Å². The van der Waals surface area contributed by atoms with Crippen LogP contribution in [0.3, 0.4) is 0 Å². The van der Waals surface area contributed by atoms with Gasteiger partial charge in [0.15, 0.2) is 11.2 Å². The Morgan fingerprint density at radius 1 is 1.64 bits per heavy atom. The number of oxazole rings is 1. The zero-order valence-electron chi connectivity index (χ0n) is 7.00. The number of rotatable bonds is 0. The van der Waals surface area contributed by atoms with Crippen LogP contribution < -0.4 is 5.76 Å². The van der Waals surface area contributed by atoms with Crippen LogP contribution in [-0.4, -0.2) is 15.3 Å². The second-order valence-corrected chi connectivity index (χ2v) is 3.08. The summed E-state index contributed by atoms with van der Waals surface area (Å²) in [5.41, 5.74) is 1.59. The molecule has 0 saturated carbocycles. The number of halogens is 1. The lowest BCUT2D eigenvalue weighted by molar-refractivity contribution is 0.555. The lowest BCUT2D eigenvalue weighted by atomic mass is 10.3. The van der Waals surface area contributed by atoms with Gasteiger partial charge in [0.1, 0.15) is 0 Å². The lowest BCUT2D eigenvalue weighted by Gasteiger charge is -1.87. The SMILES string of the molecule is O=c1[nH]c2ncc(C#CCBr)cc2o1. The molecule has 2 aromatic rings. The minimum Gasteiger partial charge on any atom is -0.406 e. The fourth-order valence-electron chi connectivity index (χ4n) is 1.04. The Bertz CT molecular complexity index is 573. The molecule has 14 heavy (non-hydrogen) atoms. The van der Waals surface area contributed by atoms with Gasteiger partial charge in [-0.2, -0.15) is 0 Å². The maximum atomic E-state index is 10.8. The Labute approximate surface area is 87.5 Å². The van der Waals surface area contributed by atoms with Gasteiger partial charge in [0.05, 0.1) is 5.33 Å². The second-order valence-electron chi connectivity index (χ2n) is 2.52. The van der Waals surface area contributed by atoms with Gasteiger partial charge in [-0.05, 0) is 0 Å².